The lowest BCUT2D eigenvalue weighted by atomic mass is 9.92. The third-order valence-corrected chi connectivity index (χ3v) is 6.97. The van der Waals surface area contributed by atoms with E-state index in [2.05, 4.69) is 136 Å². The molecule has 0 spiro atoms. The van der Waals surface area contributed by atoms with Crippen LogP contribution in [0, 0.1) is 3.83 Å². The van der Waals surface area contributed by atoms with Gasteiger partial charge >= 0.3 is 3.83 Å². The summed E-state index contributed by atoms with van der Waals surface area (Å²) in [6.45, 7) is 18.3. The van der Waals surface area contributed by atoms with Crippen LogP contribution in [0.25, 0.3) is 11.4 Å². The van der Waals surface area contributed by atoms with E-state index in [4.69, 9.17) is 0 Å². The molecule has 31 heavy (non-hydrogen) atoms. The van der Waals surface area contributed by atoms with Crippen molar-refractivity contribution in [2.45, 2.75) is 79.1 Å². The summed E-state index contributed by atoms with van der Waals surface area (Å²) in [6, 6.07) is 13.6. The molecule has 1 aromatic heterocycles. The number of aromatic nitrogens is 2. The van der Waals surface area contributed by atoms with Gasteiger partial charge in [-0.1, -0.05) is 91.8 Å². The molecule has 3 aromatic rings. The lowest BCUT2D eigenvalue weighted by Gasteiger charge is -2.18. The summed E-state index contributed by atoms with van der Waals surface area (Å²) in [4.78, 5) is 0. The quantitative estimate of drug-likeness (QED) is 0.269. The number of imidazole rings is 1. The summed E-state index contributed by atoms with van der Waals surface area (Å²) in [7, 11) is 0. The molecule has 0 saturated carbocycles. The molecule has 0 unspecified atom stereocenters. The topological polar surface area (TPSA) is 8.81 Å². The first-order valence-electron chi connectivity index (χ1n) is 11.2. The average Bonchev–Trinajstić information content (AvgIpc) is 3.07. The zero-order valence-electron chi connectivity index (χ0n) is 20.1. The minimum atomic E-state index is 0. The highest BCUT2D eigenvalue weighted by Gasteiger charge is 2.28. The van der Waals surface area contributed by atoms with Crippen LogP contribution >= 0.6 is 22.6 Å². The largest absolute Gasteiger partial charge is 1.00 e. The van der Waals surface area contributed by atoms with Gasteiger partial charge in [-0.2, -0.15) is 9.13 Å². The Morgan fingerprint density at radius 1 is 0.677 bits per heavy atom. The molecular formula is C27H36I2N2. The fourth-order valence-corrected chi connectivity index (χ4v) is 5.09. The molecule has 2 aromatic carbocycles. The molecule has 0 aliphatic heterocycles. The van der Waals surface area contributed by atoms with Crippen molar-refractivity contribution in [2.75, 3.05) is 0 Å². The van der Waals surface area contributed by atoms with Gasteiger partial charge in [0.1, 0.15) is 23.8 Å². The van der Waals surface area contributed by atoms with Crippen LogP contribution in [-0.2, 0) is 0 Å². The van der Waals surface area contributed by atoms with Crippen molar-refractivity contribution in [1.82, 2.24) is 4.57 Å². The SMILES string of the molecule is CC(C)c1cccc(C(C)C)c1-n1cc[n+](-c2c(C(C)C)cccc2C(C)C)c1I.[I-]. The molecule has 3 rings (SSSR count). The van der Waals surface area contributed by atoms with E-state index >= 15 is 0 Å². The monoisotopic (exact) mass is 642 g/mol. The van der Waals surface area contributed by atoms with E-state index in [0.29, 0.717) is 23.7 Å². The summed E-state index contributed by atoms with van der Waals surface area (Å²) in [6.07, 6.45) is 4.49. The van der Waals surface area contributed by atoms with Gasteiger partial charge in [0.15, 0.2) is 0 Å². The number of hydrogen-bond donors (Lipinski definition) is 0. The van der Waals surface area contributed by atoms with Gasteiger partial charge < -0.3 is 24.0 Å². The second-order valence-corrected chi connectivity index (χ2v) is 10.5. The van der Waals surface area contributed by atoms with Gasteiger partial charge in [-0.25, -0.2) is 0 Å². The highest BCUT2D eigenvalue weighted by molar-refractivity contribution is 14.1. The van der Waals surface area contributed by atoms with E-state index in [1.807, 2.05) is 0 Å². The van der Waals surface area contributed by atoms with Gasteiger partial charge in [0.25, 0.3) is 0 Å². The Morgan fingerprint density at radius 2 is 1.06 bits per heavy atom. The lowest BCUT2D eigenvalue weighted by molar-refractivity contribution is -0.610. The maximum absolute atomic E-state index is 2.53. The summed E-state index contributed by atoms with van der Waals surface area (Å²) in [5, 5.41) is 0. The second-order valence-electron chi connectivity index (χ2n) is 9.50. The molecule has 0 saturated heterocycles. The van der Waals surface area contributed by atoms with Crippen molar-refractivity contribution >= 4 is 22.6 Å². The molecule has 168 valence electrons. The zero-order valence-corrected chi connectivity index (χ0v) is 24.4. The first kappa shape index (κ1) is 26.4. The summed E-state index contributed by atoms with van der Waals surface area (Å²) < 4.78 is 6.01. The molecule has 0 N–H and O–H groups in total. The third-order valence-electron chi connectivity index (χ3n) is 5.93. The predicted octanol–water partition coefficient (Wildman–Crippen LogP) is 4.86. The van der Waals surface area contributed by atoms with Crippen molar-refractivity contribution < 1.29 is 28.5 Å². The van der Waals surface area contributed by atoms with E-state index in [-0.39, 0.29) is 24.0 Å². The number of nitrogens with zero attached hydrogens (tertiary/aromatic N) is 2. The van der Waals surface area contributed by atoms with Crippen molar-refractivity contribution in [3.05, 3.63) is 74.9 Å². The number of rotatable bonds is 6. The minimum Gasteiger partial charge on any atom is -1.00 e. The number of halogens is 2. The zero-order chi connectivity index (χ0) is 22.2. The fraction of sp³-hybridized carbons (Fsp3) is 0.444. The summed E-state index contributed by atoms with van der Waals surface area (Å²) in [5.74, 6) is 1.89. The number of benzene rings is 2. The molecule has 1 heterocycles. The van der Waals surface area contributed by atoms with Gasteiger partial charge in [0, 0.05) is 22.3 Å². The van der Waals surface area contributed by atoms with Gasteiger partial charge in [-0.15, -0.1) is 0 Å². The molecule has 2 nitrogen and oxygen atoms in total. The van der Waals surface area contributed by atoms with Crippen molar-refractivity contribution in [3.8, 4) is 11.4 Å². The van der Waals surface area contributed by atoms with Crippen LogP contribution in [0.2, 0.25) is 0 Å². The van der Waals surface area contributed by atoms with Crippen LogP contribution in [0.3, 0.4) is 0 Å². The van der Waals surface area contributed by atoms with E-state index in [1.54, 1.807) is 0 Å². The van der Waals surface area contributed by atoms with E-state index in [9.17, 15) is 0 Å². The van der Waals surface area contributed by atoms with Crippen LogP contribution < -0.4 is 28.5 Å². The fourth-order valence-electron chi connectivity index (χ4n) is 4.29. The van der Waals surface area contributed by atoms with E-state index < -0.39 is 0 Å². The van der Waals surface area contributed by atoms with Crippen LogP contribution in [0.15, 0.2) is 48.8 Å². The summed E-state index contributed by atoms with van der Waals surface area (Å²) in [5.41, 5.74) is 8.31. The van der Waals surface area contributed by atoms with E-state index in [0.717, 1.165) is 0 Å². The van der Waals surface area contributed by atoms with Gasteiger partial charge in [0.2, 0.25) is 0 Å². The first-order chi connectivity index (χ1) is 14.1. The Bertz CT molecular complexity index is 896. The normalized spacial score (nSPS) is 11.6. The molecule has 0 radical (unpaired) electrons. The Morgan fingerprint density at radius 3 is 1.45 bits per heavy atom. The van der Waals surface area contributed by atoms with Crippen LogP contribution in [0.4, 0.5) is 0 Å². The number of hydrogen-bond acceptors (Lipinski definition) is 0. The van der Waals surface area contributed by atoms with Gasteiger partial charge in [0.05, 0.1) is 22.6 Å². The molecule has 0 amide bonds. The Balaban J connectivity index is 0.00000341. The minimum absolute atomic E-state index is 0. The van der Waals surface area contributed by atoms with Crippen molar-refractivity contribution in [2.24, 2.45) is 0 Å². The molecule has 0 aliphatic rings. The first-order valence-corrected chi connectivity index (χ1v) is 12.3. The summed E-state index contributed by atoms with van der Waals surface area (Å²) >= 11 is 2.53. The predicted molar refractivity (Wildman–Crippen MR) is 136 cm³/mol. The molecule has 0 bridgehead atoms. The van der Waals surface area contributed by atoms with Gasteiger partial charge in [-0.3, -0.25) is 0 Å². The van der Waals surface area contributed by atoms with Crippen molar-refractivity contribution in [1.29, 1.82) is 0 Å². The van der Waals surface area contributed by atoms with Crippen LogP contribution in [-0.4, -0.2) is 4.57 Å². The maximum atomic E-state index is 2.53. The number of para-hydroxylation sites is 2. The average molecular weight is 642 g/mol. The smallest absolute Gasteiger partial charge is 0.327 e. The van der Waals surface area contributed by atoms with Gasteiger partial charge in [-0.05, 0) is 23.7 Å². The van der Waals surface area contributed by atoms with Crippen molar-refractivity contribution in [3.63, 3.8) is 0 Å². The Hall–Kier alpha value is -0.890. The highest BCUT2D eigenvalue weighted by atomic mass is 127. The molecule has 0 atom stereocenters. The lowest BCUT2D eigenvalue weighted by Crippen LogP contribution is -3.00. The molecule has 4 heteroatoms. The maximum Gasteiger partial charge on any atom is 0.327 e. The molecule has 0 aliphatic carbocycles. The van der Waals surface area contributed by atoms with Crippen LogP contribution in [0.1, 0.15) is 101 Å². The second kappa shape index (κ2) is 10.8. The Kier molecular flexibility index (Phi) is 9.20. The molecular weight excluding hydrogens is 606 g/mol. The van der Waals surface area contributed by atoms with E-state index in [1.165, 1.54) is 37.5 Å². The molecule has 0 fully saturated rings. The Labute approximate surface area is 219 Å². The van der Waals surface area contributed by atoms with Crippen LogP contribution in [0.5, 0.6) is 0 Å². The highest BCUT2D eigenvalue weighted by Crippen LogP contribution is 2.33. The standard InChI is InChI=1S/C27H36IN2.HI/c1-17(2)21-11-9-12-22(18(3)4)25(21)29-15-16-30(27(29)28)26-23(19(5)6)13-10-14-24(26)20(7)8;/h9-20H,1-8H3;1H/q+1;/p-1. The third kappa shape index (κ3) is 5.21.